The van der Waals surface area contributed by atoms with Gasteiger partial charge in [-0.05, 0) is 42.3 Å². The van der Waals surface area contributed by atoms with Gasteiger partial charge in [-0.25, -0.2) is 4.39 Å². The van der Waals surface area contributed by atoms with Crippen LogP contribution in [0.15, 0.2) is 83.8 Å². The highest BCUT2D eigenvalue weighted by molar-refractivity contribution is 7.99. The molecule has 1 aliphatic rings. The Morgan fingerprint density at radius 1 is 1.06 bits per heavy atom. The molecule has 1 heterocycles. The number of nitrogens with zero attached hydrogens (tertiary/aromatic N) is 1. The second-order valence-electron chi connectivity index (χ2n) is 7.60. The third kappa shape index (κ3) is 5.88. The van der Waals surface area contributed by atoms with Crippen LogP contribution >= 0.6 is 11.8 Å². The van der Waals surface area contributed by atoms with Gasteiger partial charge < -0.3 is 9.47 Å². The Kier molecular flexibility index (Phi) is 7.62. The van der Waals surface area contributed by atoms with Crippen LogP contribution in [0.3, 0.4) is 0 Å². The van der Waals surface area contributed by atoms with Crippen LogP contribution in [0.5, 0.6) is 5.75 Å². The van der Waals surface area contributed by atoms with Crippen LogP contribution in [-0.2, 0) is 11.3 Å². The Morgan fingerprint density at radius 3 is 2.68 bits per heavy atom. The van der Waals surface area contributed by atoms with Gasteiger partial charge in [0.1, 0.15) is 11.6 Å². The van der Waals surface area contributed by atoms with Crippen molar-refractivity contribution in [3.8, 4) is 5.75 Å². The van der Waals surface area contributed by atoms with E-state index in [0.29, 0.717) is 13.2 Å². The number of morpholine rings is 1. The van der Waals surface area contributed by atoms with Crippen LogP contribution in [0.1, 0.15) is 23.3 Å². The number of hydrogen-bond acceptors (Lipinski definition) is 4. The standard InChI is InChI=1S/C26H28FNO2S/c1-2-29-23-13-6-7-14-25(23)31-26(21-11-8-12-22(27)17-21)24-19-28(15-16-30-24)18-20-9-4-3-5-10-20/h3-14,17,24,26H,2,15-16,18-19H2,1H3. The Balaban J connectivity index is 1.58. The third-order valence-corrected chi connectivity index (χ3v) is 6.77. The van der Waals surface area contributed by atoms with Crippen molar-refractivity contribution in [1.82, 2.24) is 4.90 Å². The van der Waals surface area contributed by atoms with Crippen molar-refractivity contribution < 1.29 is 13.9 Å². The molecule has 2 unspecified atom stereocenters. The molecule has 0 saturated carbocycles. The molecule has 1 aliphatic heterocycles. The summed E-state index contributed by atoms with van der Waals surface area (Å²) in [7, 11) is 0. The highest BCUT2D eigenvalue weighted by Crippen LogP contribution is 2.43. The zero-order chi connectivity index (χ0) is 21.5. The SMILES string of the molecule is CCOc1ccccc1SC(c1cccc(F)c1)C1CN(Cc2ccccc2)CCO1. The number of halogens is 1. The van der Waals surface area contributed by atoms with E-state index in [1.165, 1.54) is 11.6 Å². The molecule has 1 fully saturated rings. The van der Waals surface area contributed by atoms with Crippen molar-refractivity contribution in [3.63, 3.8) is 0 Å². The lowest BCUT2D eigenvalue weighted by Crippen LogP contribution is -2.44. The summed E-state index contributed by atoms with van der Waals surface area (Å²) in [6, 6.07) is 25.4. The van der Waals surface area contributed by atoms with Crippen LogP contribution in [0.2, 0.25) is 0 Å². The predicted molar refractivity (Wildman–Crippen MR) is 124 cm³/mol. The van der Waals surface area contributed by atoms with E-state index in [1.807, 2.05) is 37.3 Å². The average Bonchev–Trinajstić information content (AvgIpc) is 2.79. The molecule has 31 heavy (non-hydrogen) atoms. The van der Waals surface area contributed by atoms with Gasteiger partial charge in [0.2, 0.25) is 0 Å². The molecule has 5 heteroatoms. The quantitative estimate of drug-likeness (QED) is 0.406. The molecule has 0 N–H and O–H groups in total. The minimum absolute atomic E-state index is 0.0455. The van der Waals surface area contributed by atoms with Crippen molar-refractivity contribution in [2.24, 2.45) is 0 Å². The summed E-state index contributed by atoms with van der Waals surface area (Å²) < 4.78 is 26.2. The van der Waals surface area contributed by atoms with Crippen molar-refractivity contribution >= 4 is 11.8 Å². The molecule has 4 rings (SSSR count). The maximum atomic E-state index is 14.1. The van der Waals surface area contributed by atoms with E-state index in [4.69, 9.17) is 9.47 Å². The zero-order valence-electron chi connectivity index (χ0n) is 17.7. The van der Waals surface area contributed by atoms with Gasteiger partial charge in [-0.2, -0.15) is 0 Å². The van der Waals surface area contributed by atoms with E-state index in [2.05, 4.69) is 35.2 Å². The molecule has 3 nitrogen and oxygen atoms in total. The van der Waals surface area contributed by atoms with E-state index in [1.54, 1.807) is 23.9 Å². The molecule has 0 aromatic heterocycles. The summed E-state index contributed by atoms with van der Waals surface area (Å²) in [5.74, 6) is 0.631. The molecule has 1 saturated heterocycles. The maximum Gasteiger partial charge on any atom is 0.132 e. The fourth-order valence-electron chi connectivity index (χ4n) is 3.90. The fourth-order valence-corrected chi connectivity index (χ4v) is 5.17. The summed E-state index contributed by atoms with van der Waals surface area (Å²) in [5, 5.41) is -0.0455. The third-order valence-electron chi connectivity index (χ3n) is 5.34. The Labute approximate surface area is 188 Å². The van der Waals surface area contributed by atoms with Crippen molar-refractivity contribution in [1.29, 1.82) is 0 Å². The molecule has 3 aromatic rings. The first-order valence-corrected chi connectivity index (χ1v) is 11.6. The van der Waals surface area contributed by atoms with Crippen molar-refractivity contribution in [2.75, 3.05) is 26.3 Å². The molecule has 0 amide bonds. The van der Waals surface area contributed by atoms with E-state index < -0.39 is 0 Å². The van der Waals surface area contributed by atoms with Crippen LogP contribution in [0.4, 0.5) is 4.39 Å². The number of para-hydroxylation sites is 1. The Morgan fingerprint density at radius 2 is 1.87 bits per heavy atom. The van der Waals surface area contributed by atoms with Gasteiger partial charge in [-0.3, -0.25) is 4.90 Å². The fraction of sp³-hybridized carbons (Fsp3) is 0.308. The first-order chi connectivity index (χ1) is 15.2. The van der Waals surface area contributed by atoms with Crippen molar-refractivity contribution in [2.45, 2.75) is 29.7 Å². The molecular formula is C26H28FNO2S. The number of benzene rings is 3. The average molecular weight is 438 g/mol. The molecule has 0 bridgehead atoms. The van der Waals surface area contributed by atoms with Crippen molar-refractivity contribution in [3.05, 3.63) is 95.8 Å². The lowest BCUT2D eigenvalue weighted by Gasteiger charge is -2.37. The summed E-state index contributed by atoms with van der Waals surface area (Å²) in [6.07, 6.45) is -0.0565. The zero-order valence-corrected chi connectivity index (χ0v) is 18.6. The molecule has 162 valence electrons. The molecule has 2 atom stereocenters. The lowest BCUT2D eigenvalue weighted by molar-refractivity contribution is -0.0320. The number of ether oxygens (including phenoxy) is 2. The van der Waals surface area contributed by atoms with E-state index in [0.717, 1.165) is 35.8 Å². The number of hydrogen-bond donors (Lipinski definition) is 0. The van der Waals surface area contributed by atoms with Crippen LogP contribution < -0.4 is 4.74 Å². The van der Waals surface area contributed by atoms with E-state index >= 15 is 0 Å². The summed E-state index contributed by atoms with van der Waals surface area (Å²) >= 11 is 1.69. The highest BCUT2D eigenvalue weighted by atomic mass is 32.2. The van der Waals surface area contributed by atoms with Gasteiger partial charge in [-0.15, -0.1) is 11.8 Å². The molecule has 0 radical (unpaired) electrons. The van der Waals surface area contributed by atoms with Gasteiger partial charge in [0.05, 0.1) is 29.5 Å². The molecular weight excluding hydrogens is 409 g/mol. The van der Waals surface area contributed by atoms with Crippen LogP contribution in [0, 0.1) is 5.82 Å². The number of rotatable bonds is 8. The molecule has 0 aliphatic carbocycles. The van der Waals surface area contributed by atoms with E-state index in [-0.39, 0.29) is 17.2 Å². The first kappa shape index (κ1) is 21.9. The topological polar surface area (TPSA) is 21.7 Å². The van der Waals surface area contributed by atoms with Gasteiger partial charge in [0.25, 0.3) is 0 Å². The monoisotopic (exact) mass is 437 g/mol. The largest absolute Gasteiger partial charge is 0.493 e. The van der Waals surface area contributed by atoms with Gasteiger partial charge in [0.15, 0.2) is 0 Å². The predicted octanol–water partition coefficient (Wildman–Crippen LogP) is 5.96. The molecule has 0 spiro atoms. The second kappa shape index (κ2) is 10.8. The van der Waals surface area contributed by atoms with E-state index in [9.17, 15) is 4.39 Å². The highest BCUT2D eigenvalue weighted by Gasteiger charge is 2.31. The van der Waals surface area contributed by atoms with Gasteiger partial charge in [-0.1, -0.05) is 54.6 Å². The van der Waals surface area contributed by atoms with Gasteiger partial charge >= 0.3 is 0 Å². The molecule has 3 aromatic carbocycles. The minimum Gasteiger partial charge on any atom is -0.493 e. The normalized spacial score (nSPS) is 17.9. The summed E-state index contributed by atoms with van der Waals surface area (Å²) in [4.78, 5) is 3.47. The Hall–Kier alpha value is -2.34. The van der Waals surface area contributed by atoms with Crippen LogP contribution in [0.25, 0.3) is 0 Å². The summed E-state index contributed by atoms with van der Waals surface area (Å²) in [6.45, 7) is 5.82. The van der Waals surface area contributed by atoms with Crippen LogP contribution in [-0.4, -0.2) is 37.3 Å². The lowest BCUT2D eigenvalue weighted by atomic mass is 10.1. The second-order valence-corrected chi connectivity index (χ2v) is 8.79. The summed E-state index contributed by atoms with van der Waals surface area (Å²) in [5.41, 5.74) is 2.22. The number of thioether (sulfide) groups is 1. The maximum absolute atomic E-state index is 14.1. The Bertz CT molecular complexity index is 968. The minimum atomic E-state index is -0.224. The van der Waals surface area contributed by atoms with Gasteiger partial charge in [0, 0.05) is 19.6 Å². The smallest absolute Gasteiger partial charge is 0.132 e. The first-order valence-electron chi connectivity index (χ1n) is 10.7.